The van der Waals surface area contributed by atoms with Gasteiger partial charge in [-0.3, -0.25) is 0 Å². The Kier molecular flexibility index (Phi) is 3.71. The van der Waals surface area contributed by atoms with Crippen LogP contribution in [0, 0.1) is 0 Å². The predicted octanol–water partition coefficient (Wildman–Crippen LogP) is 8.29. The number of rotatable bonds is 2. The Morgan fingerprint density at radius 1 is 0.625 bits per heavy atom. The minimum Gasteiger partial charge on any atom is -0.355 e. The summed E-state index contributed by atoms with van der Waals surface area (Å²) in [6, 6.07) is 31.0. The van der Waals surface area contributed by atoms with Crippen LogP contribution in [0.5, 0.6) is 0 Å². The van der Waals surface area contributed by atoms with E-state index in [9.17, 15) is 0 Å². The summed E-state index contributed by atoms with van der Waals surface area (Å²) in [5, 5.41) is 5.18. The van der Waals surface area contributed by atoms with Crippen LogP contribution in [0.1, 0.15) is 12.8 Å². The Hall–Kier alpha value is -4.04. The third-order valence-corrected chi connectivity index (χ3v) is 6.79. The second-order valence-electron chi connectivity index (χ2n) is 8.64. The molecular formula is C30H22N2. The monoisotopic (exact) mass is 410 g/mol. The Labute approximate surface area is 186 Å². The number of nitrogens with zero attached hydrogens (tertiary/aromatic N) is 1. The Morgan fingerprint density at radius 2 is 1.34 bits per heavy atom. The quantitative estimate of drug-likeness (QED) is 0.296. The van der Waals surface area contributed by atoms with Crippen LogP contribution in [0.15, 0.2) is 103 Å². The number of aromatic amines is 1. The zero-order chi connectivity index (χ0) is 21.1. The average Bonchev–Trinajstić information content (AvgIpc) is 3.39. The second-order valence-corrected chi connectivity index (χ2v) is 8.64. The van der Waals surface area contributed by atoms with E-state index in [1.54, 1.807) is 0 Å². The molecule has 0 saturated carbocycles. The summed E-state index contributed by atoms with van der Waals surface area (Å²) in [5.74, 6) is 0. The number of fused-ring (bicyclic) bond motifs is 6. The van der Waals surface area contributed by atoms with Crippen molar-refractivity contribution >= 4 is 49.3 Å². The highest BCUT2D eigenvalue weighted by molar-refractivity contribution is 6.12. The van der Waals surface area contributed by atoms with E-state index in [0.717, 1.165) is 12.8 Å². The highest BCUT2D eigenvalue weighted by Crippen LogP contribution is 2.37. The first kappa shape index (κ1) is 17.6. The molecule has 6 aromatic rings. The molecule has 2 heteroatoms. The fourth-order valence-corrected chi connectivity index (χ4v) is 5.27. The summed E-state index contributed by atoms with van der Waals surface area (Å²) in [4.78, 5) is 3.54. The zero-order valence-electron chi connectivity index (χ0n) is 17.7. The molecule has 1 N–H and O–H groups in total. The molecule has 0 bridgehead atoms. The summed E-state index contributed by atoms with van der Waals surface area (Å²) in [6.45, 7) is 0. The summed E-state index contributed by atoms with van der Waals surface area (Å²) < 4.78 is 2.45. The van der Waals surface area contributed by atoms with Crippen molar-refractivity contribution in [3.05, 3.63) is 103 Å². The molecule has 1 aliphatic rings. The maximum absolute atomic E-state index is 3.54. The number of aromatic nitrogens is 2. The molecular weight excluding hydrogens is 388 g/mol. The molecule has 0 unspecified atom stereocenters. The lowest BCUT2D eigenvalue weighted by Crippen LogP contribution is -1.98. The summed E-state index contributed by atoms with van der Waals surface area (Å²) >= 11 is 0. The van der Waals surface area contributed by atoms with E-state index in [1.165, 1.54) is 60.4 Å². The molecule has 0 aliphatic heterocycles. The molecule has 0 fully saturated rings. The molecule has 0 atom stereocenters. The number of hydrogen-bond donors (Lipinski definition) is 1. The minimum atomic E-state index is 1.07. The van der Waals surface area contributed by atoms with Gasteiger partial charge in [0.05, 0.1) is 11.0 Å². The van der Waals surface area contributed by atoms with Crippen LogP contribution >= 0.6 is 0 Å². The predicted molar refractivity (Wildman–Crippen MR) is 137 cm³/mol. The number of benzene rings is 4. The highest BCUT2D eigenvalue weighted by atomic mass is 15.0. The van der Waals surface area contributed by atoms with Gasteiger partial charge in [-0.15, -0.1) is 0 Å². The molecule has 152 valence electrons. The van der Waals surface area contributed by atoms with Gasteiger partial charge < -0.3 is 9.55 Å². The molecule has 2 heterocycles. The van der Waals surface area contributed by atoms with Crippen molar-refractivity contribution in [2.45, 2.75) is 12.8 Å². The van der Waals surface area contributed by atoms with Gasteiger partial charge in [0.2, 0.25) is 0 Å². The van der Waals surface area contributed by atoms with Crippen molar-refractivity contribution in [2.75, 3.05) is 0 Å². The lowest BCUT2D eigenvalue weighted by molar-refractivity contribution is 0.979. The maximum Gasteiger partial charge on any atom is 0.0538 e. The summed E-state index contributed by atoms with van der Waals surface area (Å²) in [5.41, 5.74) is 8.81. The topological polar surface area (TPSA) is 20.7 Å². The molecule has 2 nitrogen and oxygen atoms in total. The van der Waals surface area contributed by atoms with Crippen LogP contribution in [-0.2, 0) is 0 Å². The van der Waals surface area contributed by atoms with Crippen molar-refractivity contribution in [1.82, 2.24) is 9.55 Å². The van der Waals surface area contributed by atoms with Crippen LogP contribution in [0.4, 0.5) is 0 Å². The largest absolute Gasteiger partial charge is 0.355 e. The molecule has 4 aromatic carbocycles. The van der Waals surface area contributed by atoms with Crippen molar-refractivity contribution in [1.29, 1.82) is 0 Å². The van der Waals surface area contributed by atoms with E-state index in [0.29, 0.717) is 0 Å². The molecule has 7 rings (SSSR count). The van der Waals surface area contributed by atoms with Gasteiger partial charge in [-0.25, -0.2) is 0 Å². The fourth-order valence-electron chi connectivity index (χ4n) is 5.27. The Morgan fingerprint density at radius 3 is 2.22 bits per heavy atom. The van der Waals surface area contributed by atoms with E-state index in [4.69, 9.17) is 0 Å². The van der Waals surface area contributed by atoms with Gasteiger partial charge in [0.1, 0.15) is 0 Å². The van der Waals surface area contributed by atoms with Gasteiger partial charge >= 0.3 is 0 Å². The smallest absolute Gasteiger partial charge is 0.0538 e. The number of nitrogens with one attached hydrogen (secondary N) is 1. The van der Waals surface area contributed by atoms with Crippen LogP contribution < -0.4 is 0 Å². The Balaban J connectivity index is 1.47. The van der Waals surface area contributed by atoms with E-state index in [1.807, 2.05) is 0 Å². The molecule has 0 saturated heterocycles. The van der Waals surface area contributed by atoms with E-state index < -0.39 is 0 Å². The number of H-pyrrole nitrogens is 1. The van der Waals surface area contributed by atoms with Gasteiger partial charge in [-0.1, -0.05) is 60.7 Å². The number of hydrogen-bond acceptors (Lipinski definition) is 0. The van der Waals surface area contributed by atoms with Crippen LogP contribution in [0.3, 0.4) is 0 Å². The van der Waals surface area contributed by atoms with Gasteiger partial charge in [-0.05, 0) is 66.4 Å². The van der Waals surface area contributed by atoms with Gasteiger partial charge in [0, 0.05) is 38.3 Å². The van der Waals surface area contributed by atoms with Gasteiger partial charge in [0.25, 0.3) is 0 Å². The van der Waals surface area contributed by atoms with E-state index >= 15 is 0 Å². The first-order chi connectivity index (χ1) is 15.9. The molecule has 0 spiro atoms. The van der Waals surface area contributed by atoms with Crippen LogP contribution in [-0.4, -0.2) is 9.55 Å². The van der Waals surface area contributed by atoms with E-state index in [2.05, 4.69) is 113 Å². The standard InChI is InChI=1S/C30H22N2/c1-2-8-22(9-3-1)32-29-13-7-5-11-24(29)26-19-21(15-17-30(26)32)20-14-16-28-25(18-20)23-10-4-6-12-27(23)31-28/h1-2,4-8,10-19,31H,3,9H2. The van der Waals surface area contributed by atoms with Gasteiger partial charge in [0.15, 0.2) is 0 Å². The normalized spacial score (nSPS) is 14.1. The lowest BCUT2D eigenvalue weighted by atomic mass is 10.0. The third-order valence-electron chi connectivity index (χ3n) is 6.79. The maximum atomic E-state index is 3.54. The summed E-state index contributed by atoms with van der Waals surface area (Å²) in [7, 11) is 0. The molecule has 0 radical (unpaired) electrons. The molecule has 2 aromatic heterocycles. The van der Waals surface area contributed by atoms with Crippen molar-refractivity contribution < 1.29 is 0 Å². The van der Waals surface area contributed by atoms with Crippen LogP contribution in [0.2, 0.25) is 0 Å². The molecule has 0 amide bonds. The average molecular weight is 411 g/mol. The van der Waals surface area contributed by atoms with E-state index in [-0.39, 0.29) is 0 Å². The third kappa shape index (κ3) is 2.53. The SMILES string of the molecule is C1=CCCC(n2c3ccccc3c3cc(-c4ccc5[nH]c6ccccc6c5c4)ccc32)=C1. The highest BCUT2D eigenvalue weighted by Gasteiger charge is 2.15. The second kappa shape index (κ2) is 6.73. The summed E-state index contributed by atoms with van der Waals surface area (Å²) in [6.07, 6.45) is 8.86. The van der Waals surface area contributed by atoms with Crippen molar-refractivity contribution in [2.24, 2.45) is 0 Å². The zero-order valence-corrected chi connectivity index (χ0v) is 17.7. The van der Waals surface area contributed by atoms with Gasteiger partial charge in [-0.2, -0.15) is 0 Å². The fraction of sp³-hybridized carbons (Fsp3) is 0.0667. The first-order valence-electron chi connectivity index (χ1n) is 11.3. The molecule has 1 aliphatic carbocycles. The number of para-hydroxylation sites is 2. The Bertz CT molecular complexity index is 1720. The minimum absolute atomic E-state index is 1.07. The molecule has 32 heavy (non-hydrogen) atoms. The first-order valence-corrected chi connectivity index (χ1v) is 11.3. The number of allylic oxidation sites excluding steroid dienone is 4. The lowest BCUT2D eigenvalue weighted by Gasteiger charge is -2.14. The van der Waals surface area contributed by atoms with Crippen molar-refractivity contribution in [3.63, 3.8) is 0 Å². The van der Waals surface area contributed by atoms with Crippen molar-refractivity contribution in [3.8, 4) is 11.1 Å². The van der Waals surface area contributed by atoms with Crippen LogP contribution in [0.25, 0.3) is 60.4 Å².